The van der Waals surface area contributed by atoms with E-state index in [-0.39, 0.29) is 18.9 Å². The molecule has 0 aliphatic carbocycles. The van der Waals surface area contributed by atoms with Crippen LogP contribution in [-0.2, 0) is 16.0 Å². The first-order chi connectivity index (χ1) is 12.0. The molecular formula is C19H18F2N2O2. The van der Waals surface area contributed by atoms with Gasteiger partial charge in [0.1, 0.15) is 17.3 Å². The summed E-state index contributed by atoms with van der Waals surface area (Å²) in [5.74, 6) is -3.07. The zero-order valence-electron chi connectivity index (χ0n) is 13.8. The van der Waals surface area contributed by atoms with Crippen molar-refractivity contribution in [3.8, 4) is 0 Å². The van der Waals surface area contributed by atoms with Crippen LogP contribution in [0.4, 0.5) is 20.2 Å². The van der Waals surface area contributed by atoms with Crippen molar-refractivity contribution in [1.82, 2.24) is 0 Å². The fraction of sp³-hybridized carbons (Fsp3) is 0.263. The van der Waals surface area contributed by atoms with E-state index in [0.717, 1.165) is 29.0 Å². The van der Waals surface area contributed by atoms with Crippen molar-refractivity contribution in [2.75, 3.05) is 16.8 Å². The van der Waals surface area contributed by atoms with Gasteiger partial charge in [-0.15, -0.1) is 0 Å². The highest BCUT2D eigenvalue weighted by atomic mass is 19.1. The summed E-state index contributed by atoms with van der Waals surface area (Å²) in [5, 5.41) is 2.82. The molecule has 2 aromatic rings. The summed E-state index contributed by atoms with van der Waals surface area (Å²) in [6, 6.07) is 10.8. The minimum Gasteiger partial charge on any atom is -0.326 e. The molecule has 6 heteroatoms. The lowest BCUT2D eigenvalue weighted by Crippen LogP contribution is -2.29. The summed E-state index contributed by atoms with van der Waals surface area (Å²) in [6.07, 6.45) is 0.681. The second-order valence-electron chi connectivity index (χ2n) is 5.98. The van der Waals surface area contributed by atoms with E-state index in [1.165, 1.54) is 6.07 Å². The van der Waals surface area contributed by atoms with Crippen molar-refractivity contribution in [3.05, 3.63) is 59.7 Å². The maximum atomic E-state index is 13.9. The zero-order chi connectivity index (χ0) is 18.0. The van der Waals surface area contributed by atoms with E-state index in [4.69, 9.17) is 0 Å². The molecule has 1 fully saturated rings. The quantitative estimate of drug-likeness (QED) is 0.923. The van der Waals surface area contributed by atoms with E-state index >= 15 is 0 Å². The summed E-state index contributed by atoms with van der Waals surface area (Å²) in [5.41, 5.74) is 1.28. The predicted molar refractivity (Wildman–Crippen MR) is 91.3 cm³/mol. The van der Waals surface area contributed by atoms with Crippen LogP contribution in [0.3, 0.4) is 0 Å². The van der Waals surface area contributed by atoms with Gasteiger partial charge in [-0.1, -0.05) is 31.2 Å². The number of benzene rings is 2. The molecule has 1 aliphatic heterocycles. The van der Waals surface area contributed by atoms with Crippen LogP contribution in [0.1, 0.15) is 18.9 Å². The Morgan fingerprint density at radius 1 is 1.16 bits per heavy atom. The molecule has 2 aromatic carbocycles. The van der Waals surface area contributed by atoms with Gasteiger partial charge in [0.25, 0.3) is 0 Å². The minimum absolute atomic E-state index is 0.0448. The van der Waals surface area contributed by atoms with E-state index in [2.05, 4.69) is 5.32 Å². The number of amides is 2. The van der Waals surface area contributed by atoms with Gasteiger partial charge >= 0.3 is 0 Å². The van der Waals surface area contributed by atoms with E-state index in [1.54, 1.807) is 6.07 Å². The minimum atomic E-state index is -0.814. The molecule has 0 saturated carbocycles. The summed E-state index contributed by atoms with van der Waals surface area (Å²) >= 11 is 0. The number of para-hydroxylation sites is 2. The highest BCUT2D eigenvalue weighted by Gasteiger charge is 2.37. The number of carbonyl (C=O) groups excluding carboxylic acids is 2. The third-order valence-electron chi connectivity index (χ3n) is 4.36. The van der Waals surface area contributed by atoms with Crippen molar-refractivity contribution in [1.29, 1.82) is 0 Å². The van der Waals surface area contributed by atoms with Crippen molar-refractivity contribution in [3.63, 3.8) is 0 Å². The fourth-order valence-corrected chi connectivity index (χ4v) is 3.03. The van der Waals surface area contributed by atoms with Gasteiger partial charge in [-0.25, -0.2) is 8.78 Å². The largest absolute Gasteiger partial charge is 0.326 e. The van der Waals surface area contributed by atoms with Gasteiger partial charge < -0.3 is 10.2 Å². The molecule has 0 radical (unpaired) electrons. The molecule has 1 N–H and O–H groups in total. The highest BCUT2D eigenvalue weighted by molar-refractivity contribution is 6.03. The number of anilines is 2. The number of halogens is 2. The van der Waals surface area contributed by atoms with Crippen LogP contribution in [0, 0.1) is 17.6 Å². The molecule has 0 bridgehead atoms. The third-order valence-corrected chi connectivity index (χ3v) is 4.36. The molecule has 4 nitrogen and oxygen atoms in total. The third kappa shape index (κ3) is 3.38. The second-order valence-corrected chi connectivity index (χ2v) is 5.98. The number of hydrogen-bond acceptors (Lipinski definition) is 2. The lowest BCUT2D eigenvalue weighted by atomic mass is 10.1. The van der Waals surface area contributed by atoms with Crippen LogP contribution < -0.4 is 10.2 Å². The Hall–Kier alpha value is -2.76. The molecular weight excluding hydrogens is 326 g/mol. The number of hydrogen-bond donors (Lipinski definition) is 1. The lowest BCUT2D eigenvalue weighted by Gasteiger charge is -2.18. The van der Waals surface area contributed by atoms with Crippen molar-refractivity contribution in [2.45, 2.75) is 19.8 Å². The average Bonchev–Trinajstić information content (AvgIpc) is 2.97. The number of aryl methyl sites for hydroxylation is 1. The second kappa shape index (κ2) is 7.01. The maximum Gasteiger partial charge on any atom is 0.229 e. The smallest absolute Gasteiger partial charge is 0.229 e. The van der Waals surface area contributed by atoms with E-state index in [9.17, 15) is 18.4 Å². The van der Waals surface area contributed by atoms with Crippen molar-refractivity contribution in [2.24, 2.45) is 5.92 Å². The Balaban J connectivity index is 1.77. The summed E-state index contributed by atoms with van der Waals surface area (Å²) in [4.78, 5) is 25.7. The topological polar surface area (TPSA) is 49.4 Å². The van der Waals surface area contributed by atoms with E-state index in [0.29, 0.717) is 5.69 Å². The van der Waals surface area contributed by atoms with Crippen LogP contribution in [0.5, 0.6) is 0 Å². The van der Waals surface area contributed by atoms with Crippen LogP contribution in [0.25, 0.3) is 0 Å². The predicted octanol–water partition coefficient (Wildman–Crippen LogP) is 3.52. The Labute approximate surface area is 144 Å². The Kier molecular flexibility index (Phi) is 4.79. The average molecular weight is 344 g/mol. The van der Waals surface area contributed by atoms with Crippen LogP contribution in [0.2, 0.25) is 0 Å². The fourth-order valence-electron chi connectivity index (χ4n) is 3.03. The first-order valence-electron chi connectivity index (χ1n) is 8.14. The monoisotopic (exact) mass is 344 g/mol. The molecule has 1 saturated heterocycles. The van der Waals surface area contributed by atoms with Crippen LogP contribution >= 0.6 is 0 Å². The number of carbonyl (C=O) groups is 2. The van der Waals surface area contributed by atoms with Gasteiger partial charge in [-0.2, -0.15) is 0 Å². The molecule has 1 atom stereocenters. The Bertz CT molecular complexity index is 803. The normalized spacial score (nSPS) is 17.0. The van der Waals surface area contributed by atoms with Gasteiger partial charge in [0.2, 0.25) is 11.8 Å². The lowest BCUT2D eigenvalue weighted by molar-refractivity contribution is -0.122. The molecule has 3 rings (SSSR count). The first-order valence-corrected chi connectivity index (χ1v) is 8.14. The zero-order valence-corrected chi connectivity index (χ0v) is 13.8. The molecule has 1 aliphatic rings. The van der Waals surface area contributed by atoms with Gasteiger partial charge in [-0.3, -0.25) is 9.59 Å². The molecule has 0 spiro atoms. The highest BCUT2D eigenvalue weighted by Crippen LogP contribution is 2.30. The van der Waals surface area contributed by atoms with Gasteiger partial charge in [-0.05, 0) is 30.2 Å². The Morgan fingerprint density at radius 2 is 1.84 bits per heavy atom. The number of nitrogens with one attached hydrogen (secondary N) is 1. The molecule has 2 amide bonds. The number of rotatable bonds is 4. The van der Waals surface area contributed by atoms with Gasteiger partial charge in [0, 0.05) is 18.7 Å². The SMILES string of the molecule is CCc1ccccc1NC(=O)C1CC(=O)N(c2c(F)cccc2F)C1. The number of nitrogens with zero attached hydrogens (tertiary/aromatic N) is 1. The first kappa shape index (κ1) is 17.1. The standard InChI is InChI=1S/C19H18F2N2O2/c1-2-12-6-3-4-9-16(12)22-19(25)13-10-17(24)23(11-13)18-14(20)7-5-8-15(18)21/h3-9,13H,2,10-11H2,1H3,(H,22,25). The maximum absolute atomic E-state index is 13.9. The Morgan fingerprint density at radius 3 is 2.52 bits per heavy atom. The molecule has 25 heavy (non-hydrogen) atoms. The summed E-state index contributed by atoms with van der Waals surface area (Å²) < 4.78 is 27.8. The summed E-state index contributed by atoms with van der Waals surface area (Å²) in [6.45, 7) is 1.93. The summed E-state index contributed by atoms with van der Waals surface area (Å²) in [7, 11) is 0. The van der Waals surface area contributed by atoms with E-state index < -0.39 is 29.1 Å². The van der Waals surface area contributed by atoms with Crippen molar-refractivity contribution >= 4 is 23.2 Å². The van der Waals surface area contributed by atoms with E-state index in [1.807, 2.05) is 25.1 Å². The van der Waals surface area contributed by atoms with Crippen LogP contribution in [0.15, 0.2) is 42.5 Å². The van der Waals surface area contributed by atoms with Gasteiger partial charge in [0.05, 0.1) is 5.92 Å². The molecule has 130 valence electrons. The van der Waals surface area contributed by atoms with Gasteiger partial charge in [0.15, 0.2) is 0 Å². The molecule has 0 aromatic heterocycles. The van der Waals surface area contributed by atoms with Crippen LogP contribution in [-0.4, -0.2) is 18.4 Å². The van der Waals surface area contributed by atoms with Crippen molar-refractivity contribution < 1.29 is 18.4 Å². The molecule has 1 unspecified atom stereocenters. The molecule has 1 heterocycles.